The molecule has 0 saturated heterocycles. The molecule has 0 spiro atoms. The lowest BCUT2D eigenvalue weighted by molar-refractivity contribution is -0.153. The van der Waals surface area contributed by atoms with Gasteiger partial charge in [-0.2, -0.15) is 0 Å². The molecule has 0 bridgehead atoms. The molecule has 0 amide bonds. The van der Waals surface area contributed by atoms with E-state index in [2.05, 4.69) is 4.72 Å². The number of ether oxygens (including phenoxy) is 1. The lowest BCUT2D eigenvalue weighted by atomic mass is 9.85. The first-order valence-corrected chi connectivity index (χ1v) is 9.83. The zero-order valence-corrected chi connectivity index (χ0v) is 17.1. The maximum absolute atomic E-state index is 13.6. The third kappa shape index (κ3) is 6.85. The summed E-state index contributed by atoms with van der Waals surface area (Å²) in [6, 6.07) is 2.67. The van der Waals surface area contributed by atoms with Crippen LogP contribution in [0.5, 0.6) is 0 Å². The van der Waals surface area contributed by atoms with E-state index in [0.717, 1.165) is 6.07 Å². The number of rotatable bonds is 8. The van der Waals surface area contributed by atoms with E-state index in [-0.39, 0.29) is 12.6 Å². The molecule has 26 heavy (non-hydrogen) atoms. The second kappa shape index (κ2) is 9.15. The third-order valence-corrected chi connectivity index (χ3v) is 5.59. The highest BCUT2D eigenvalue weighted by molar-refractivity contribution is 7.90. The van der Waals surface area contributed by atoms with Crippen molar-refractivity contribution in [2.24, 2.45) is 5.41 Å². The van der Waals surface area contributed by atoms with Crippen LogP contribution in [0.2, 0.25) is 0 Å². The quantitative estimate of drug-likeness (QED) is 0.528. The molecule has 148 valence electrons. The van der Waals surface area contributed by atoms with E-state index in [1.807, 2.05) is 20.8 Å². The molecule has 0 aliphatic rings. The summed E-state index contributed by atoms with van der Waals surface area (Å²) in [5.74, 6) is -1.72. The number of hydrogen-bond donors (Lipinski definition) is 1. The van der Waals surface area contributed by atoms with Crippen LogP contribution in [0.1, 0.15) is 66.0 Å². The standard InChI is InChI=1S/C19H29F2NO3S/c1-7-25-17(23)19(5,6)9-8-16(22-26(24)18(2,3)4)13-10-14(20)12-15(21)11-13/h10-12,16,22H,7-9H2,1-6H3/t16-,26?/m0/s1. The van der Waals surface area contributed by atoms with Crippen LogP contribution in [0.4, 0.5) is 8.78 Å². The zero-order valence-electron chi connectivity index (χ0n) is 16.3. The fourth-order valence-electron chi connectivity index (χ4n) is 2.31. The van der Waals surface area contributed by atoms with E-state index >= 15 is 0 Å². The molecule has 0 heterocycles. The summed E-state index contributed by atoms with van der Waals surface area (Å²) in [5.41, 5.74) is -0.398. The van der Waals surface area contributed by atoms with Gasteiger partial charge in [0.1, 0.15) is 16.4 Å². The first kappa shape index (κ1) is 22.9. The Kier molecular flexibility index (Phi) is 8.04. The summed E-state index contributed by atoms with van der Waals surface area (Å²) in [4.78, 5) is 12.1. The van der Waals surface area contributed by atoms with Crippen molar-refractivity contribution >= 4 is 17.3 Å². The van der Waals surface area contributed by atoms with Gasteiger partial charge in [0.15, 0.2) is 0 Å². The van der Waals surface area contributed by atoms with Crippen molar-refractivity contribution in [3.8, 4) is 0 Å². The fraction of sp³-hybridized carbons (Fsp3) is 0.632. The average Bonchev–Trinajstić information content (AvgIpc) is 2.49. The normalized spacial score (nSPS) is 14.8. The summed E-state index contributed by atoms with van der Waals surface area (Å²) >= 11 is -1.43. The monoisotopic (exact) mass is 389 g/mol. The molecular weight excluding hydrogens is 360 g/mol. The summed E-state index contributed by atoms with van der Waals surface area (Å²) in [5, 5.41) is 0. The maximum Gasteiger partial charge on any atom is 0.311 e. The maximum atomic E-state index is 13.6. The van der Waals surface area contributed by atoms with E-state index in [1.54, 1.807) is 20.8 Å². The molecule has 4 nitrogen and oxygen atoms in total. The third-order valence-electron chi connectivity index (χ3n) is 3.98. The van der Waals surface area contributed by atoms with Gasteiger partial charge >= 0.3 is 5.97 Å². The molecule has 0 aliphatic carbocycles. The Hall–Kier alpha value is -1.18. The van der Waals surface area contributed by atoms with Gasteiger partial charge < -0.3 is 9.29 Å². The predicted molar refractivity (Wildman–Crippen MR) is 99.8 cm³/mol. The molecule has 1 rings (SSSR count). The average molecular weight is 390 g/mol. The SMILES string of the molecule is CCOC(=O)C(C)(C)CC[C@H](N[S+]([O-])C(C)(C)C)c1cc(F)cc(F)c1. The molecule has 1 unspecified atom stereocenters. The van der Waals surface area contributed by atoms with Gasteiger partial charge in [0.25, 0.3) is 0 Å². The minimum atomic E-state index is -1.43. The van der Waals surface area contributed by atoms with Gasteiger partial charge in [-0.15, -0.1) is 4.72 Å². The number of halogens is 2. The Bertz CT molecular complexity index is 597. The summed E-state index contributed by atoms with van der Waals surface area (Å²) < 4.78 is 47.3. The Balaban J connectivity index is 3.03. The number of benzene rings is 1. The van der Waals surface area contributed by atoms with Crippen molar-refractivity contribution in [2.45, 2.75) is 65.2 Å². The Morgan fingerprint density at radius 3 is 2.19 bits per heavy atom. The molecule has 0 saturated carbocycles. The minimum Gasteiger partial charge on any atom is -0.598 e. The largest absolute Gasteiger partial charge is 0.598 e. The Labute approximate surface area is 158 Å². The molecule has 7 heteroatoms. The molecule has 1 N–H and O–H groups in total. The van der Waals surface area contributed by atoms with Crippen LogP contribution in [-0.2, 0) is 20.9 Å². The molecule has 1 aromatic rings. The van der Waals surface area contributed by atoms with Gasteiger partial charge in [0.05, 0.1) is 18.1 Å². The van der Waals surface area contributed by atoms with Crippen LogP contribution >= 0.6 is 0 Å². The van der Waals surface area contributed by atoms with Gasteiger partial charge in [0, 0.05) is 17.4 Å². The highest BCUT2D eigenvalue weighted by atomic mass is 32.2. The van der Waals surface area contributed by atoms with Crippen LogP contribution in [0.25, 0.3) is 0 Å². The summed E-state index contributed by atoms with van der Waals surface area (Å²) in [6.45, 7) is 11.0. The highest BCUT2D eigenvalue weighted by Gasteiger charge is 2.34. The molecule has 1 aromatic carbocycles. The Morgan fingerprint density at radius 2 is 1.73 bits per heavy atom. The minimum absolute atomic E-state index is 0.285. The number of hydrogen-bond acceptors (Lipinski definition) is 4. The topological polar surface area (TPSA) is 61.4 Å². The van der Waals surface area contributed by atoms with E-state index < -0.39 is 39.2 Å². The highest BCUT2D eigenvalue weighted by Crippen LogP contribution is 2.31. The summed E-state index contributed by atoms with van der Waals surface area (Å²) in [7, 11) is 0. The van der Waals surface area contributed by atoms with Crippen molar-refractivity contribution in [3.05, 3.63) is 35.4 Å². The van der Waals surface area contributed by atoms with Gasteiger partial charge in [-0.1, -0.05) is 0 Å². The van der Waals surface area contributed by atoms with Gasteiger partial charge in [-0.3, -0.25) is 4.79 Å². The summed E-state index contributed by atoms with van der Waals surface area (Å²) in [6.07, 6.45) is 0.777. The van der Waals surface area contributed by atoms with Gasteiger partial charge in [-0.25, -0.2) is 8.78 Å². The zero-order chi connectivity index (χ0) is 20.1. The van der Waals surface area contributed by atoms with Crippen LogP contribution in [0.3, 0.4) is 0 Å². The predicted octanol–water partition coefficient (Wildman–Crippen LogP) is 4.43. The van der Waals surface area contributed by atoms with Crippen molar-refractivity contribution in [3.63, 3.8) is 0 Å². The van der Waals surface area contributed by atoms with E-state index in [0.29, 0.717) is 18.4 Å². The molecule has 2 atom stereocenters. The smallest absolute Gasteiger partial charge is 0.311 e. The van der Waals surface area contributed by atoms with Crippen molar-refractivity contribution in [1.82, 2.24) is 4.72 Å². The first-order valence-electron chi connectivity index (χ1n) is 8.68. The fourth-order valence-corrected chi connectivity index (χ4v) is 3.18. The number of nitrogens with one attached hydrogen (secondary N) is 1. The van der Waals surface area contributed by atoms with Crippen molar-refractivity contribution in [1.29, 1.82) is 0 Å². The molecule has 0 radical (unpaired) electrons. The lowest BCUT2D eigenvalue weighted by Crippen LogP contribution is -2.41. The van der Waals surface area contributed by atoms with Crippen molar-refractivity contribution in [2.75, 3.05) is 6.61 Å². The number of esters is 1. The van der Waals surface area contributed by atoms with E-state index in [1.165, 1.54) is 12.1 Å². The van der Waals surface area contributed by atoms with Crippen LogP contribution in [0, 0.1) is 17.0 Å². The van der Waals surface area contributed by atoms with Gasteiger partial charge in [-0.05, 0) is 72.1 Å². The lowest BCUT2D eigenvalue weighted by Gasteiger charge is -2.30. The van der Waals surface area contributed by atoms with Crippen LogP contribution < -0.4 is 4.72 Å². The van der Waals surface area contributed by atoms with Crippen LogP contribution in [-0.4, -0.2) is 21.9 Å². The number of carbonyl (C=O) groups is 1. The molecule has 0 aromatic heterocycles. The number of carbonyl (C=O) groups excluding carboxylic acids is 1. The van der Waals surface area contributed by atoms with Crippen molar-refractivity contribution < 1.29 is 22.9 Å². The second-order valence-corrected chi connectivity index (χ2v) is 9.90. The molecule has 0 aliphatic heterocycles. The van der Waals surface area contributed by atoms with E-state index in [9.17, 15) is 18.1 Å². The molecular formula is C19H29F2NO3S. The molecule has 0 fully saturated rings. The van der Waals surface area contributed by atoms with Gasteiger partial charge in [0.2, 0.25) is 0 Å². The first-order chi connectivity index (χ1) is 11.9. The van der Waals surface area contributed by atoms with E-state index in [4.69, 9.17) is 4.74 Å². The second-order valence-electron chi connectivity index (χ2n) is 7.90. The Morgan fingerprint density at radius 1 is 1.19 bits per heavy atom. The van der Waals surface area contributed by atoms with Crippen LogP contribution in [0.15, 0.2) is 18.2 Å².